The van der Waals surface area contributed by atoms with Gasteiger partial charge in [-0.25, -0.2) is 0 Å². The molecular formula is C17H30N2. The third kappa shape index (κ3) is 5.75. The van der Waals surface area contributed by atoms with Gasteiger partial charge in [0.2, 0.25) is 0 Å². The van der Waals surface area contributed by atoms with Gasteiger partial charge in [-0.1, -0.05) is 57.0 Å². The number of benzene rings is 1. The van der Waals surface area contributed by atoms with Crippen LogP contribution in [0.25, 0.3) is 0 Å². The molecule has 1 aromatic rings. The second kappa shape index (κ2) is 8.34. The van der Waals surface area contributed by atoms with Gasteiger partial charge < -0.3 is 10.6 Å². The largest absolute Gasteiger partial charge is 0.321 e. The maximum atomic E-state index is 6.54. The van der Waals surface area contributed by atoms with Gasteiger partial charge in [-0.15, -0.1) is 0 Å². The lowest BCUT2D eigenvalue weighted by Gasteiger charge is -2.33. The van der Waals surface area contributed by atoms with Crippen LogP contribution in [0.15, 0.2) is 30.3 Å². The van der Waals surface area contributed by atoms with Gasteiger partial charge in [-0.3, -0.25) is 0 Å². The van der Waals surface area contributed by atoms with E-state index in [4.69, 9.17) is 5.73 Å². The molecule has 0 saturated carbocycles. The molecular weight excluding hydrogens is 232 g/mol. The van der Waals surface area contributed by atoms with E-state index in [1.807, 2.05) is 6.07 Å². The molecule has 1 rings (SSSR count). The minimum Gasteiger partial charge on any atom is -0.321 e. The fourth-order valence-electron chi connectivity index (χ4n) is 2.41. The predicted molar refractivity (Wildman–Crippen MR) is 84.2 cm³/mol. The molecule has 1 aromatic carbocycles. The minimum absolute atomic E-state index is 0.261. The van der Waals surface area contributed by atoms with E-state index in [9.17, 15) is 0 Å². The Bertz CT molecular complexity index is 324. The second-order valence-electron chi connectivity index (χ2n) is 5.77. The quantitative estimate of drug-likeness (QED) is 0.734. The van der Waals surface area contributed by atoms with Crippen LogP contribution < -0.4 is 5.73 Å². The number of hydrogen-bond acceptors (Lipinski definition) is 2. The van der Waals surface area contributed by atoms with Gasteiger partial charge in [0, 0.05) is 6.54 Å². The summed E-state index contributed by atoms with van der Waals surface area (Å²) in [5, 5.41) is 0. The molecule has 0 bridgehead atoms. The van der Waals surface area contributed by atoms with Gasteiger partial charge in [-0.2, -0.15) is 0 Å². The maximum Gasteiger partial charge on any atom is 0.0509 e. The molecule has 108 valence electrons. The van der Waals surface area contributed by atoms with Gasteiger partial charge >= 0.3 is 0 Å². The van der Waals surface area contributed by atoms with E-state index in [2.05, 4.69) is 49.9 Å². The van der Waals surface area contributed by atoms with Gasteiger partial charge in [0.15, 0.2) is 0 Å². The Balaban J connectivity index is 2.64. The third-order valence-corrected chi connectivity index (χ3v) is 3.64. The zero-order valence-corrected chi connectivity index (χ0v) is 12.9. The molecule has 0 aliphatic heterocycles. The highest BCUT2D eigenvalue weighted by Gasteiger charge is 2.23. The summed E-state index contributed by atoms with van der Waals surface area (Å²) in [7, 11) is 0. The molecule has 0 radical (unpaired) electrons. The summed E-state index contributed by atoms with van der Waals surface area (Å²) < 4.78 is 0. The van der Waals surface area contributed by atoms with Crippen molar-refractivity contribution in [1.82, 2.24) is 4.90 Å². The van der Waals surface area contributed by atoms with Gasteiger partial charge in [0.05, 0.1) is 5.54 Å². The van der Waals surface area contributed by atoms with Crippen molar-refractivity contribution < 1.29 is 0 Å². The van der Waals surface area contributed by atoms with Crippen LogP contribution in [0, 0.1) is 0 Å². The zero-order valence-electron chi connectivity index (χ0n) is 12.9. The molecule has 1 unspecified atom stereocenters. The Kier molecular flexibility index (Phi) is 7.11. The highest BCUT2D eigenvalue weighted by atomic mass is 15.1. The van der Waals surface area contributed by atoms with E-state index < -0.39 is 0 Å². The minimum atomic E-state index is -0.261. The van der Waals surface area contributed by atoms with E-state index in [0.29, 0.717) is 0 Å². The van der Waals surface area contributed by atoms with Crippen LogP contribution in [-0.2, 0) is 5.54 Å². The molecule has 2 heteroatoms. The molecule has 0 aromatic heterocycles. The van der Waals surface area contributed by atoms with Crippen LogP contribution in [0.4, 0.5) is 0 Å². The lowest BCUT2D eigenvalue weighted by atomic mass is 9.92. The van der Waals surface area contributed by atoms with Crippen LogP contribution in [-0.4, -0.2) is 24.5 Å². The second-order valence-corrected chi connectivity index (χ2v) is 5.77. The molecule has 0 amide bonds. The van der Waals surface area contributed by atoms with Crippen molar-refractivity contribution in [3.8, 4) is 0 Å². The van der Waals surface area contributed by atoms with Crippen molar-refractivity contribution in [2.24, 2.45) is 5.73 Å². The predicted octanol–water partition coefficient (Wildman–Crippen LogP) is 3.76. The van der Waals surface area contributed by atoms with Crippen LogP contribution in [0.3, 0.4) is 0 Å². The normalized spacial score (nSPS) is 14.6. The van der Waals surface area contributed by atoms with Crippen LogP contribution >= 0.6 is 0 Å². The zero-order chi connectivity index (χ0) is 14.1. The van der Waals surface area contributed by atoms with Gasteiger partial charge in [0.1, 0.15) is 0 Å². The number of nitrogens with two attached hydrogens (primary N) is 1. The summed E-state index contributed by atoms with van der Waals surface area (Å²) in [6, 6.07) is 10.5. The van der Waals surface area contributed by atoms with Gasteiger partial charge in [0.25, 0.3) is 0 Å². The topological polar surface area (TPSA) is 29.3 Å². The summed E-state index contributed by atoms with van der Waals surface area (Å²) >= 11 is 0. The summed E-state index contributed by atoms with van der Waals surface area (Å²) in [4.78, 5) is 2.53. The lowest BCUT2D eigenvalue weighted by Crippen LogP contribution is -2.46. The van der Waals surface area contributed by atoms with Crippen molar-refractivity contribution in [2.75, 3.05) is 19.6 Å². The van der Waals surface area contributed by atoms with E-state index in [1.54, 1.807) is 0 Å². The molecule has 0 spiro atoms. The Morgan fingerprint density at radius 1 is 1.00 bits per heavy atom. The molecule has 0 aliphatic carbocycles. The van der Waals surface area contributed by atoms with E-state index >= 15 is 0 Å². The highest BCUT2D eigenvalue weighted by molar-refractivity contribution is 5.23. The number of hydrogen-bond donors (Lipinski definition) is 1. The maximum absolute atomic E-state index is 6.54. The SMILES string of the molecule is CCCCN(CCCC)CC(C)(N)c1ccccc1. The Morgan fingerprint density at radius 2 is 1.53 bits per heavy atom. The first-order chi connectivity index (χ1) is 9.10. The van der Waals surface area contributed by atoms with E-state index in [-0.39, 0.29) is 5.54 Å². The van der Waals surface area contributed by atoms with Crippen molar-refractivity contribution in [2.45, 2.75) is 52.0 Å². The number of nitrogens with zero attached hydrogens (tertiary/aromatic N) is 1. The summed E-state index contributed by atoms with van der Waals surface area (Å²) in [5.41, 5.74) is 7.51. The monoisotopic (exact) mass is 262 g/mol. The Hall–Kier alpha value is -0.860. The Labute approximate surface area is 119 Å². The fourth-order valence-corrected chi connectivity index (χ4v) is 2.41. The fraction of sp³-hybridized carbons (Fsp3) is 0.647. The molecule has 0 fully saturated rings. The van der Waals surface area contributed by atoms with Crippen molar-refractivity contribution in [3.05, 3.63) is 35.9 Å². The molecule has 0 aliphatic rings. The van der Waals surface area contributed by atoms with Crippen molar-refractivity contribution in [1.29, 1.82) is 0 Å². The first kappa shape index (κ1) is 16.2. The molecule has 19 heavy (non-hydrogen) atoms. The van der Waals surface area contributed by atoms with Crippen LogP contribution in [0.5, 0.6) is 0 Å². The lowest BCUT2D eigenvalue weighted by molar-refractivity contribution is 0.211. The average molecular weight is 262 g/mol. The highest BCUT2D eigenvalue weighted by Crippen LogP contribution is 2.19. The number of rotatable bonds is 9. The summed E-state index contributed by atoms with van der Waals surface area (Å²) in [6.07, 6.45) is 5.01. The third-order valence-electron chi connectivity index (χ3n) is 3.64. The first-order valence-corrected chi connectivity index (χ1v) is 7.67. The summed E-state index contributed by atoms with van der Waals surface area (Å²) in [5.74, 6) is 0. The molecule has 2 N–H and O–H groups in total. The van der Waals surface area contributed by atoms with Crippen molar-refractivity contribution in [3.63, 3.8) is 0 Å². The van der Waals surface area contributed by atoms with Crippen LogP contribution in [0.2, 0.25) is 0 Å². The van der Waals surface area contributed by atoms with Crippen LogP contribution in [0.1, 0.15) is 52.0 Å². The van der Waals surface area contributed by atoms with Gasteiger partial charge in [-0.05, 0) is 38.4 Å². The molecule has 0 heterocycles. The summed E-state index contributed by atoms with van der Waals surface area (Å²) in [6.45, 7) is 9.91. The van der Waals surface area contributed by atoms with Crippen molar-refractivity contribution >= 4 is 0 Å². The standard InChI is InChI=1S/C17H30N2/c1-4-6-13-19(14-7-5-2)15-17(3,18)16-11-9-8-10-12-16/h8-12H,4-7,13-15,18H2,1-3H3. The average Bonchev–Trinajstić information content (AvgIpc) is 2.42. The Morgan fingerprint density at radius 3 is 2.00 bits per heavy atom. The first-order valence-electron chi connectivity index (χ1n) is 7.67. The smallest absolute Gasteiger partial charge is 0.0509 e. The van der Waals surface area contributed by atoms with E-state index in [0.717, 1.165) is 19.6 Å². The molecule has 1 atom stereocenters. The molecule has 0 saturated heterocycles. The molecule has 2 nitrogen and oxygen atoms in total. The number of unbranched alkanes of at least 4 members (excludes halogenated alkanes) is 2. The van der Waals surface area contributed by atoms with E-state index in [1.165, 1.54) is 31.2 Å².